The van der Waals surface area contributed by atoms with Crippen LogP contribution in [-0.2, 0) is 6.42 Å². The van der Waals surface area contributed by atoms with Crippen LogP contribution in [0.2, 0.25) is 0 Å². The van der Waals surface area contributed by atoms with Crippen LogP contribution in [0, 0.1) is 0 Å². The summed E-state index contributed by atoms with van der Waals surface area (Å²) in [6.45, 7) is 4.44. The highest BCUT2D eigenvalue weighted by Gasteiger charge is 2.44. The first-order chi connectivity index (χ1) is 8.75. The lowest BCUT2D eigenvalue weighted by atomic mass is 9.91. The van der Waals surface area contributed by atoms with Crippen molar-refractivity contribution in [2.75, 3.05) is 13.1 Å². The Kier molecular flexibility index (Phi) is 2.86. The summed E-state index contributed by atoms with van der Waals surface area (Å²) < 4.78 is 0. The van der Waals surface area contributed by atoms with E-state index in [1.54, 1.807) is 0 Å². The van der Waals surface area contributed by atoms with E-state index in [-0.39, 0.29) is 5.54 Å². The van der Waals surface area contributed by atoms with Crippen molar-refractivity contribution in [3.8, 4) is 0 Å². The first kappa shape index (κ1) is 11.7. The summed E-state index contributed by atoms with van der Waals surface area (Å²) in [5.74, 6) is 0. The van der Waals surface area contributed by atoms with Crippen molar-refractivity contribution in [1.82, 2.24) is 4.90 Å². The number of hydrogen-bond acceptors (Lipinski definition) is 3. The third-order valence-corrected chi connectivity index (χ3v) is 4.47. The van der Waals surface area contributed by atoms with Crippen LogP contribution in [0.25, 0.3) is 0 Å². The van der Waals surface area contributed by atoms with Crippen molar-refractivity contribution in [2.24, 2.45) is 5.16 Å². The molecule has 0 aromatic heterocycles. The Morgan fingerprint density at radius 3 is 2.61 bits per heavy atom. The molecule has 3 nitrogen and oxygen atoms in total. The largest absolute Gasteiger partial charge is 0.411 e. The van der Waals surface area contributed by atoms with Gasteiger partial charge in [-0.2, -0.15) is 0 Å². The molecule has 3 heteroatoms. The van der Waals surface area contributed by atoms with Crippen molar-refractivity contribution < 1.29 is 5.21 Å². The fourth-order valence-corrected chi connectivity index (χ4v) is 3.46. The molecular weight excluding hydrogens is 224 g/mol. The minimum absolute atomic E-state index is 0.126. The Morgan fingerprint density at radius 2 is 1.89 bits per heavy atom. The number of likely N-dealkylation sites (tertiary alicyclic amines) is 1. The van der Waals surface area contributed by atoms with Crippen molar-refractivity contribution in [3.63, 3.8) is 0 Å². The molecule has 1 N–H and O–H groups in total. The quantitative estimate of drug-likeness (QED) is 0.609. The van der Waals surface area contributed by atoms with Gasteiger partial charge in [0.1, 0.15) is 5.71 Å². The minimum Gasteiger partial charge on any atom is -0.411 e. The SMILES string of the molecule is CC1(N2CCCCC2)Cc2ccccc2C1=NO. The Labute approximate surface area is 108 Å². The normalized spacial score (nSPS) is 30.6. The number of rotatable bonds is 1. The van der Waals surface area contributed by atoms with Crippen LogP contribution in [0.5, 0.6) is 0 Å². The zero-order valence-electron chi connectivity index (χ0n) is 10.9. The average molecular weight is 244 g/mol. The van der Waals surface area contributed by atoms with Gasteiger partial charge in [0.2, 0.25) is 0 Å². The van der Waals surface area contributed by atoms with E-state index >= 15 is 0 Å². The predicted molar refractivity (Wildman–Crippen MR) is 72.3 cm³/mol. The van der Waals surface area contributed by atoms with Gasteiger partial charge in [-0.1, -0.05) is 35.8 Å². The lowest BCUT2D eigenvalue weighted by Crippen LogP contribution is -2.53. The van der Waals surface area contributed by atoms with E-state index in [1.807, 2.05) is 6.07 Å². The highest BCUT2D eigenvalue weighted by molar-refractivity contribution is 6.10. The fourth-order valence-electron chi connectivity index (χ4n) is 3.46. The molecule has 96 valence electrons. The molecule has 1 aromatic rings. The number of benzene rings is 1. The first-order valence-electron chi connectivity index (χ1n) is 6.81. The fraction of sp³-hybridized carbons (Fsp3) is 0.533. The van der Waals surface area contributed by atoms with Gasteiger partial charge < -0.3 is 5.21 Å². The van der Waals surface area contributed by atoms with Gasteiger partial charge in [-0.3, -0.25) is 4.90 Å². The van der Waals surface area contributed by atoms with Gasteiger partial charge in [-0.05, 0) is 44.8 Å². The molecule has 1 unspecified atom stereocenters. The van der Waals surface area contributed by atoms with Gasteiger partial charge in [0.15, 0.2) is 0 Å². The van der Waals surface area contributed by atoms with Gasteiger partial charge in [0.25, 0.3) is 0 Å². The molecule has 18 heavy (non-hydrogen) atoms. The van der Waals surface area contributed by atoms with Crippen LogP contribution in [0.15, 0.2) is 29.4 Å². The van der Waals surface area contributed by atoms with Gasteiger partial charge in [0, 0.05) is 5.56 Å². The number of fused-ring (bicyclic) bond motifs is 1. The standard InChI is InChI=1S/C15H20N2O/c1-15(17-9-5-2-6-10-17)11-12-7-3-4-8-13(12)14(15)16-18/h3-4,7-8,18H,2,5-6,9-11H2,1H3. The molecule has 3 rings (SSSR count). The molecule has 2 aliphatic rings. The zero-order valence-corrected chi connectivity index (χ0v) is 10.9. The number of nitrogens with zero attached hydrogens (tertiary/aromatic N) is 2. The van der Waals surface area contributed by atoms with Crippen molar-refractivity contribution in [2.45, 2.75) is 38.1 Å². The smallest absolute Gasteiger partial charge is 0.107 e. The van der Waals surface area contributed by atoms with E-state index < -0.39 is 0 Å². The van der Waals surface area contributed by atoms with Crippen LogP contribution in [-0.4, -0.2) is 34.4 Å². The number of piperidine rings is 1. The van der Waals surface area contributed by atoms with E-state index in [1.165, 1.54) is 24.8 Å². The van der Waals surface area contributed by atoms with E-state index in [0.717, 1.165) is 30.8 Å². The molecule has 0 bridgehead atoms. The summed E-state index contributed by atoms with van der Waals surface area (Å²) in [5.41, 5.74) is 3.14. The van der Waals surface area contributed by atoms with Gasteiger partial charge in [0.05, 0.1) is 5.54 Å². The molecule has 0 amide bonds. The van der Waals surface area contributed by atoms with Crippen molar-refractivity contribution >= 4 is 5.71 Å². The highest BCUT2D eigenvalue weighted by atomic mass is 16.4. The lowest BCUT2D eigenvalue weighted by molar-refractivity contribution is 0.133. The summed E-state index contributed by atoms with van der Waals surface area (Å²) in [6, 6.07) is 8.30. The predicted octanol–water partition coefficient (Wildman–Crippen LogP) is 2.67. The topological polar surface area (TPSA) is 35.8 Å². The number of hydrogen-bond donors (Lipinski definition) is 1. The molecule has 1 aliphatic carbocycles. The van der Waals surface area contributed by atoms with Crippen LogP contribution < -0.4 is 0 Å². The maximum Gasteiger partial charge on any atom is 0.107 e. The van der Waals surface area contributed by atoms with Gasteiger partial charge in [-0.25, -0.2) is 0 Å². The Balaban J connectivity index is 1.99. The molecule has 1 fully saturated rings. The van der Waals surface area contributed by atoms with Gasteiger partial charge in [-0.15, -0.1) is 0 Å². The molecule has 1 aliphatic heterocycles. The van der Waals surface area contributed by atoms with Crippen LogP contribution in [0.1, 0.15) is 37.3 Å². The second-order valence-corrected chi connectivity index (χ2v) is 5.60. The Morgan fingerprint density at radius 1 is 1.17 bits per heavy atom. The summed E-state index contributed by atoms with van der Waals surface area (Å²) in [7, 11) is 0. The minimum atomic E-state index is -0.126. The Bertz CT molecular complexity index is 477. The summed E-state index contributed by atoms with van der Waals surface area (Å²) >= 11 is 0. The number of oxime groups is 1. The average Bonchev–Trinajstić information content (AvgIpc) is 2.72. The molecule has 1 aromatic carbocycles. The van der Waals surface area contributed by atoms with Gasteiger partial charge >= 0.3 is 0 Å². The van der Waals surface area contributed by atoms with Crippen LogP contribution in [0.3, 0.4) is 0 Å². The molecule has 0 saturated carbocycles. The van der Waals surface area contributed by atoms with E-state index in [0.29, 0.717) is 0 Å². The van der Waals surface area contributed by atoms with Crippen LogP contribution >= 0.6 is 0 Å². The molecular formula is C15H20N2O. The van der Waals surface area contributed by atoms with Crippen molar-refractivity contribution in [3.05, 3.63) is 35.4 Å². The second kappa shape index (κ2) is 4.39. The first-order valence-corrected chi connectivity index (χ1v) is 6.81. The third kappa shape index (κ3) is 1.65. The van der Waals surface area contributed by atoms with E-state index in [4.69, 9.17) is 0 Å². The monoisotopic (exact) mass is 244 g/mol. The third-order valence-electron chi connectivity index (χ3n) is 4.47. The summed E-state index contributed by atoms with van der Waals surface area (Å²) in [4.78, 5) is 2.49. The maximum absolute atomic E-state index is 9.44. The molecule has 1 heterocycles. The second-order valence-electron chi connectivity index (χ2n) is 5.60. The Hall–Kier alpha value is -1.35. The summed E-state index contributed by atoms with van der Waals surface area (Å²) in [5, 5.41) is 13.1. The maximum atomic E-state index is 9.44. The van der Waals surface area contributed by atoms with Crippen molar-refractivity contribution in [1.29, 1.82) is 0 Å². The molecule has 0 spiro atoms. The molecule has 1 saturated heterocycles. The summed E-state index contributed by atoms with van der Waals surface area (Å²) in [6.07, 6.45) is 4.79. The molecule has 0 radical (unpaired) electrons. The van der Waals surface area contributed by atoms with E-state index in [2.05, 4.69) is 35.2 Å². The van der Waals surface area contributed by atoms with E-state index in [9.17, 15) is 5.21 Å². The molecule has 1 atom stereocenters. The lowest BCUT2D eigenvalue weighted by Gasteiger charge is -2.40. The zero-order chi connectivity index (χ0) is 12.6. The van der Waals surface area contributed by atoms with Crippen LogP contribution in [0.4, 0.5) is 0 Å². The highest BCUT2D eigenvalue weighted by Crippen LogP contribution is 2.36.